The van der Waals surface area contributed by atoms with Crippen molar-refractivity contribution in [1.29, 1.82) is 0 Å². The number of anilines is 2. The normalized spacial score (nSPS) is 13.7. The Morgan fingerprint density at radius 1 is 0.955 bits per heavy atom. The first-order valence-electron chi connectivity index (χ1n) is 13.9. The number of hydrazone groups is 1. The Morgan fingerprint density at radius 2 is 1.70 bits per heavy atom. The third kappa shape index (κ3) is 7.88. The van der Waals surface area contributed by atoms with Gasteiger partial charge in [0.15, 0.2) is 0 Å². The van der Waals surface area contributed by atoms with Crippen LogP contribution in [0.3, 0.4) is 0 Å². The molecule has 0 bridgehead atoms. The molecule has 0 saturated carbocycles. The second-order valence-corrected chi connectivity index (χ2v) is 11.9. The van der Waals surface area contributed by atoms with Crippen LogP contribution in [0.15, 0.2) is 118 Å². The molecule has 222 valence electrons. The van der Waals surface area contributed by atoms with Crippen molar-refractivity contribution in [3.63, 3.8) is 0 Å². The Morgan fingerprint density at radius 3 is 2.41 bits per heavy atom. The van der Waals surface area contributed by atoms with Gasteiger partial charge in [0.2, 0.25) is 5.91 Å². The van der Waals surface area contributed by atoms with E-state index in [0.717, 1.165) is 9.77 Å². The first kappa shape index (κ1) is 30.5. The van der Waals surface area contributed by atoms with E-state index in [1.165, 1.54) is 28.1 Å². The molecule has 44 heavy (non-hydrogen) atoms. The molecule has 0 spiro atoms. The summed E-state index contributed by atoms with van der Waals surface area (Å²) in [5.74, 6) is -1.07. The van der Waals surface area contributed by atoms with Crippen LogP contribution in [-0.4, -0.2) is 34.7 Å². The highest BCUT2D eigenvalue weighted by Gasteiger charge is 2.28. The number of hydrogen-bond acceptors (Lipinski definition) is 7. The fourth-order valence-corrected chi connectivity index (χ4v) is 5.95. The van der Waals surface area contributed by atoms with Gasteiger partial charge in [0, 0.05) is 21.0 Å². The molecule has 0 fully saturated rings. The maximum Gasteiger partial charge on any atom is 0.272 e. The number of thiophene rings is 1. The van der Waals surface area contributed by atoms with Crippen LogP contribution < -0.4 is 21.0 Å². The number of carbonyl (C=O) groups excluding carboxylic acids is 4. The number of amides is 4. The van der Waals surface area contributed by atoms with Crippen molar-refractivity contribution in [3.05, 3.63) is 119 Å². The summed E-state index contributed by atoms with van der Waals surface area (Å²) >= 11 is 2.78. The van der Waals surface area contributed by atoms with E-state index in [9.17, 15) is 19.2 Å². The second-order valence-electron chi connectivity index (χ2n) is 9.64. The third-order valence-corrected chi connectivity index (χ3v) is 8.61. The molecule has 1 aliphatic heterocycles. The molecule has 1 unspecified atom stereocenters. The Hall–Kier alpha value is -5.00. The molecular formula is C33H29N5O4S2. The average molecular weight is 624 g/mol. The quantitative estimate of drug-likeness (QED) is 0.150. The van der Waals surface area contributed by atoms with E-state index < -0.39 is 17.1 Å². The van der Waals surface area contributed by atoms with Gasteiger partial charge in [-0.25, -0.2) is 0 Å². The minimum absolute atomic E-state index is 0.00534. The number of nitrogens with one attached hydrogen (secondary N) is 3. The van der Waals surface area contributed by atoms with E-state index >= 15 is 0 Å². The van der Waals surface area contributed by atoms with Crippen molar-refractivity contribution >= 4 is 70.0 Å². The number of benzene rings is 3. The number of thioether (sulfide) groups is 1. The van der Waals surface area contributed by atoms with Gasteiger partial charge in [0.05, 0.1) is 17.4 Å². The zero-order valence-electron chi connectivity index (χ0n) is 23.7. The highest BCUT2D eigenvalue weighted by molar-refractivity contribution is 8.00. The lowest BCUT2D eigenvalue weighted by molar-refractivity contribution is -0.119. The highest BCUT2D eigenvalue weighted by Crippen LogP contribution is 2.28. The van der Waals surface area contributed by atoms with E-state index in [1.807, 2.05) is 54.8 Å². The Labute approximate surface area is 263 Å². The number of rotatable bonds is 10. The van der Waals surface area contributed by atoms with Gasteiger partial charge >= 0.3 is 0 Å². The van der Waals surface area contributed by atoms with Gasteiger partial charge in [-0.1, -0.05) is 55.5 Å². The molecule has 1 aromatic heterocycles. The van der Waals surface area contributed by atoms with Crippen LogP contribution in [0.25, 0.3) is 6.08 Å². The standard InChI is InChI=1S/C33H29N5O4S2/c1-2-28(33(42)36-29-21-30(39)38(37-29)24-14-7-4-8-15-24)44-26-16-9-13-23(19-26)34-32(41)27(20-25-17-10-18-43-25)35-31(40)22-11-5-3-6-12-22/h3-20,28H,2,21H2,1H3,(H,34,41)(H,35,40)(H,36,37,42)/b27-20-. The minimum atomic E-state index is -0.485. The van der Waals surface area contributed by atoms with Gasteiger partial charge in [-0.3, -0.25) is 19.2 Å². The number of carbonyl (C=O) groups is 4. The molecular weight excluding hydrogens is 595 g/mol. The third-order valence-electron chi connectivity index (χ3n) is 6.44. The summed E-state index contributed by atoms with van der Waals surface area (Å²) < 4.78 is 0. The molecule has 0 radical (unpaired) electrons. The second kappa shape index (κ2) is 14.5. The number of para-hydroxylation sites is 1. The largest absolute Gasteiger partial charge is 0.321 e. The zero-order valence-corrected chi connectivity index (χ0v) is 25.4. The van der Waals surface area contributed by atoms with Crippen LogP contribution in [0.5, 0.6) is 0 Å². The van der Waals surface area contributed by atoms with E-state index in [0.29, 0.717) is 29.2 Å². The van der Waals surface area contributed by atoms with Crippen LogP contribution in [0.4, 0.5) is 11.4 Å². The summed E-state index contributed by atoms with van der Waals surface area (Å²) in [5, 5.41) is 15.4. The molecule has 1 atom stereocenters. The SMILES string of the molecule is CCC(Sc1cccc(NC(=O)/C(=C/c2cccs2)NC(=O)c2ccccc2)c1)C(=O)NC1=NN(c2ccccc2)C(=O)C1. The maximum absolute atomic E-state index is 13.3. The summed E-state index contributed by atoms with van der Waals surface area (Å²) in [5.41, 5.74) is 1.67. The van der Waals surface area contributed by atoms with Crippen LogP contribution in [0.2, 0.25) is 0 Å². The Kier molecular flexibility index (Phi) is 10.0. The minimum Gasteiger partial charge on any atom is -0.321 e. The van der Waals surface area contributed by atoms with Crippen LogP contribution >= 0.6 is 23.1 Å². The fourth-order valence-electron chi connectivity index (χ4n) is 4.28. The maximum atomic E-state index is 13.3. The number of nitrogens with zero attached hydrogens (tertiary/aromatic N) is 2. The van der Waals surface area contributed by atoms with Crippen molar-refractivity contribution in [1.82, 2.24) is 10.6 Å². The monoisotopic (exact) mass is 623 g/mol. The van der Waals surface area contributed by atoms with Crippen molar-refractivity contribution in [2.24, 2.45) is 5.10 Å². The van der Waals surface area contributed by atoms with Crippen molar-refractivity contribution in [3.8, 4) is 0 Å². The van der Waals surface area contributed by atoms with E-state index in [2.05, 4.69) is 21.1 Å². The van der Waals surface area contributed by atoms with Gasteiger partial charge in [-0.15, -0.1) is 23.1 Å². The lowest BCUT2D eigenvalue weighted by Crippen LogP contribution is -2.36. The topological polar surface area (TPSA) is 120 Å². The zero-order chi connectivity index (χ0) is 30.9. The molecule has 3 N–H and O–H groups in total. The molecule has 11 heteroatoms. The molecule has 3 aromatic carbocycles. The molecule has 1 aliphatic rings. The number of hydrogen-bond donors (Lipinski definition) is 3. The number of amidine groups is 1. The van der Waals surface area contributed by atoms with Crippen molar-refractivity contribution < 1.29 is 19.2 Å². The summed E-state index contributed by atoms with van der Waals surface area (Å²) in [6.45, 7) is 1.90. The average Bonchev–Trinajstić information content (AvgIpc) is 3.69. The molecule has 5 rings (SSSR count). The summed E-state index contributed by atoms with van der Waals surface area (Å²) in [4.78, 5) is 53.4. The molecule has 0 aliphatic carbocycles. The van der Waals surface area contributed by atoms with Crippen LogP contribution in [-0.2, 0) is 14.4 Å². The molecule has 9 nitrogen and oxygen atoms in total. The van der Waals surface area contributed by atoms with Crippen molar-refractivity contribution in [2.45, 2.75) is 29.9 Å². The van der Waals surface area contributed by atoms with Gasteiger partial charge in [-0.2, -0.15) is 10.1 Å². The summed E-state index contributed by atoms with van der Waals surface area (Å²) in [6, 6.07) is 28.6. The molecule has 2 heterocycles. The lowest BCUT2D eigenvalue weighted by atomic mass is 10.2. The smallest absolute Gasteiger partial charge is 0.272 e. The molecule has 4 amide bonds. The van der Waals surface area contributed by atoms with E-state index in [-0.39, 0.29) is 23.9 Å². The Bertz CT molecular complexity index is 1710. The van der Waals surface area contributed by atoms with Crippen LogP contribution in [0.1, 0.15) is 35.0 Å². The lowest BCUT2D eigenvalue weighted by Gasteiger charge is -2.15. The van der Waals surface area contributed by atoms with Gasteiger partial charge in [-0.05, 0) is 66.4 Å². The van der Waals surface area contributed by atoms with Gasteiger partial charge < -0.3 is 16.0 Å². The predicted molar refractivity (Wildman–Crippen MR) is 175 cm³/mol. The molecule has 4 aromatic rings. The summed E-state index contributed by atoms with van der Waals surface area (Å²) in [7, 11) is 0. The van der Waals surface area contributed by atoms with E-state index in [1.54, 1.807) is 60.7 Å². The highest BCUT2D eigenvalue weighted by atomic mass is 32.2. The first-order chi connectivity index (χ1) is 21.4. The van der Waals surface area contributed by atoms with Gasteiger partial charge in [0.1, 0.15) is 11.5 Å². The van der Waals surface area contributed by atoms with Gasteiger partial charge in [0.25, 0.3) is 17.7 Å². The van der Waals surface area contributed by atoms with Crippen LogP contribution in [0, 0.1) is 0 Å². The van der Waals surface area contributed by atoms with Crippen molar-refractivity contribution in [2.75, 3.05) is 10.3 Å². The Balaban J connectivity index is 1.25. The summed E-state index contributed by atoms with van der Waals surface area (Å²) in [6.07, 6.45) is 2.16. The first-order valence-corrected chi connectivity index (χ1v) is 15.6. The predicted octanol–water partition coefficient (Wildman–Crippen LogP) is 5.90. The fraction of sp³-hybridized carbons (Fsp3) is 0.121. The van der Waals surface area contributed by atoms with E-state index in [4.69, 9.17) is 0 Å². The molecule has 0 saturated heterocycles.